The predicted molar refractivity (Wildman–Crippen MR) is 87.6 cm³/mol. The zero-order chi connectivity index (χ0) is 14.9. The van der Waals surface area contributed by atoms with Gasteiger partial charge in [-0.05, 0) is 51.5 Å². The molecule has 0 radical (unpaired) electrons. The number of nitrogens with two attached hydrogens (primary N) is 1. The normalized spacial score (nSPS) is 12.2. The lowest BCUT2D eigenvalue weighted by molar-refractivity contribution is 0.469. The fourth-order valence-electron chi connectivity index (χ4n) is 1.74. The monoisotopic (exact) mass is 394 g/mol. The van der Waals surface area contributed by atoms with Crippen LogP contribution in [-0.4, -0.2) is 19.8 Å². The second-order valence-electron chi connectivity index (χ2n) is 4.40. The number of rotatable bonds is 5. The van der Waals surface area contributed by atoms with Crippen LogP contribution in [0.25, 0.3) is 0 Å². The van der Waals surface area contributed by atoms with E-state index in [0.29, 0.717) is 17.3 Å². The molecule has 0 atom stereocenters. The average molecular weight is 395 g/mol. The van der Waals surface area contributed by atoms with Crippen molar-refractivity contribution < 1.29 is 8.42 Å². The summed E-state index contributed by atoms with van der Waals surface area (Å²) >= 11 is 6.17. The predicted octanol–water partition coefficient (Wildman–Crippen LogP) is 3.16. The van der Waals surface area contributed by atoms with Crippen LogP contribution in [0.5, 0.6) is 0 Å². The molecular weight excluding hydrogens is 380 g/mol. The lowest BCUT2D eigenvalue weighted by Gasteiger charge is -2.15. The first-order valence-corrected chi connectivity index (χ1v) is 9.76. The zero-order valence-electron chi connectivity index (χ0n) is 11.1. The summed E-state index contributed by atoms with van der Waals surface area (Å²) in [5.74, 6) is 0. The summed E-state index contributed by atoms with van der Waals surface area (Å²) in [7, 11) is -1.86. The van der Waals surface area contributed by atoms with Crippen molar-refractivity contribution in [2.45, 2.75) is 24.2 Å². The third kappa shape index (κ3) is 3.32. The highest BCUT2D eigenvalue weighted by Crippen LogP contribution is 2.29. The third-order valence-electron chi connectivity index (χ3n) is 2.87. The highest BCUT2D eigenvalue weighted by atomic mass is 79.9. The summed E-state index contributed by atoms with van der Waals surface area (Å²) < 4.78 is 27.7. The topological polar surface area (TPSA) is 63.4 Å². The van der Waals surface area contributed by atoms with Gasteiger partial charge < -0.3 is 5.73 Å². The first-order chi connectivity index (χ1) is 9.34. The van der Waals surface area contributed by atoms with E-state index in [9.17, 15) is 8.42 Å². The van der Waals surface area contributed by atoms with E-state index in [1.165, 1.54) is 15.6 Å². The minimum atomic E-state index is -3.45. The first-order valence-electron chi connectivity index (χ1n) is 5.83. The van der Waals surface area contributed by atoms with Crippen LogP contribution in [0.4, 0.5) is 0 Å². The fourth-order valence-corrected chi connectivity index (χ4v) is 5.78. The molecule has 0 fully saturated rings. The molecule has 2 aromatic rings. The second-order valence-corrected chi connectivity index (χ2v) is 10.1. The Morgan fingerprint density at radius 3 is 2.60 bits per heavy atom. The molecule has 2 rings (SSSR count). The van der Waals surface area contributed by atoms with Crippen molar-refractivity contribution >= 4 is 48.6 Å². The maximum Gasteiger partial charge on any atom is 0.252 e. The first kappa shape index (κ1) is 16.1. The molecule has 0 spiro atoms. The summed E-state index contributed by atoms with van der Waals surface area (Å²) in [4.78, 5) is 0.912. The molecule has 0 bridgehead atoms. The number of halogens is 1. The molecule has 4 nitrogen and oxygen atoms in total. The van der Waals surface area contributed by atoms with Gasteiger partial charge in [-0.15, -0.1) is 22.7 Å². The van der Waals surface area contributed by atoms with E-state index in [0.717, 1.165) is 19.8 Å². The molecule has 0 saturated carbocycles. The van der Waals surface area contributed by atoms with E-state index in [-0.39, 0.29) is 0 Å². The maximum atomic E-state index is 12.5. The summed E-state index contributed by atoms with van der Waals surface area (Å²) in [5.41, 5.74) is 7.51. The van der Waals surface area contributed by atoms with Gasteiger partial charge in [0.1, 0.15) is 4.21 Å². The Kier molecular flexibility index (Phi) is 5.04. The average Bonchev–Trinajstić information content (AvgIpc) is 2.95. The standard InChI is InChI=1S/C12H15BrN2O2S3/c1-8-3-12(19-10(8)5-14)20(16,17)15(2)6-9-4-11(13)18-7-9/h3-4,7H,5-6,14H2,1-2H3. The number of hydrogen-bond acceptors (Lipinski definition) is 5. The summed E-state index contributed by atoms with van der Waals surface area (Å²) in [6.45, 7) is 2.61. The molecule has 110 valence electrons. The van der Waals surface area contributed by atoms with Gasteiger partial charge >= 0.3 is 0 Å². The van der Waals surface area contributed by atoms with Crippen molar-refractivity contribution in [2.24, 2.45) is 5.73 Å². The molecular formula is C12H15BrN2O2S3. The highest BCUT2D eigenvalue weighted by molar-refractivity contribution is 9.11. The van der Waals surface area contributed by atoms with E-state index < -0.39 is 10.0 Å². The summed E-state index contributed by atoms with van der Waals surface area (Å²) in [6.07, 6.45) is 0. The smallest absolute Gasteiger partial charge is 0.252 e. The van der Waals surface area contributed by atoms with Crippen LogP contribution in [0, 0.1) is 6.92 Å². The molecule has 0 aromatic carbocycles. The third-order valence-corrected chi connectivity index (χ3v) is 7.94. The van der Waals surface area contributed by atoms with Crippen molar-refractivity contribution in [1.82, 2.24) is 4.31 Å². The van der Waals surface area contributed by atoms with Crippen LogP contribution >= 0.6 is 38.6 Å². The number of aryl methyl sites for hydroxylation is 1. The minimum absolute atomic E-state index is 0.354. The van der Waals surface area contributed by atoms with Gasteiger partial charge in [-0.25, -0.2) is 8.42 Å². The van der Waals surface area contributed by atoms with Gasteiger partial charge in [0.05, 0.1) is 3.79 Å². The summed E-state index contributed by atoms with van der Waals surface area (Å²) in [6, 6.07) is 3.63. The molecule has 8 heteroatoms. The van der Waals surface area contributed by atoms with Gasteiger partial charge in [0.15, 0.2) is 0 Å². The lowest BCUT2D eigenvalue weighted by atomic mass is 10.3. The molecule has 2 aromatic heterocycles. The fraction of sp³-hybridized carbons (Fsp3) is 0.333. The van der Waals surface area contributed by atoms with E-state index in [1.54, 1.807) is 24.5 Å². The Labute approximate surface area is 135 Å². The number of thiophene rings is 2. The Hall–Kier alpha value is -0.250. The van der Waals surface area contributed by atoms with Crippen LogP contribution in [0.1, 0.15) is 16.0 Å². The van der Waals surface area contributed by atoms with Crippen LogP contribution in [0.15, 0.2) is 25.5 Å². The molecule has 0 aliphatic heterocycles. The molecule has 0 amide bonds. The van der Waals surface area contributed by atoms with Crippen LogP contribution < -0.4 is 5.73 Å². The van der Waals surface area contributed by atoms with Crippen molar-refractivity contribution in [3.63, 3.8) is 0 Å². The Morgan fingerprint density at radius 2 is 2.10 bits per heavy atom. The van der Waals surface area contributed by atoms with Crippen LogP contribution in [0.2, 0.25) is 0 Å². The highest BCUT2D eigenvalue weighted by Gasteiger charge is 2.24. The molecule has 0 unspecified atom stereocenters. The molecule has 2 N–H and O–H groups in total. The molecule has 20 heavy (non-hydrogen) atoms. The Balaban J connectivity index is 2.24. The van der Waals surface area contributed by atoms with Crippen molar-refractivity contribution in [2.75, 3.05) is 7.05 Å². The van der Waals surface area contributed by atoms with Crippen molar-refractivity contribution in [3.05, 3.63) is 37.3 Å². The molecule has 0 aliphatic carbocycles. The molecule has 2 heterocycles. The van der Waals surface area contributed by atoms with Gasteiger partial charge in [-0.2, -0.15) is 4.31 Å². The number of hydrogen-bond donors (Lipinski definition) is 1. The van der Waals surface area contributed by atoms with Gasteiger partial charge in [0.25, 0.3) is 10.0 Å². The molecule has 0 saturated heterocycles. The van der Waals surface area contributed by atoms with E-state index >= 15 is 0 Å². The lowest BCUT2D eigenvalue weighted by Crippen LogP contribution is -2.25. The molecule has 0 aliphatic rings. The minimum Gasteiger partial charge on any atom is -0.326 e. The number of sulfonamides is 1. The SMILES string of the molecule is Cc1cc(S(=O)(=O)N(C)Cc2csc(Br)c2)sc1CN. The Bertz CT molecular complexity index is 706. The van der Waals surface area contributed by atoms with Gasteiger partial charge in [-0.1, -0.05) is 0 Å². The van der Waals surface area contributed by atoms with Crippen molar-refractivity contribution in [3.8, 4) is 0 Å². The van der Waals surface area contributed by atoms with Gasteiger partial charge in [0, 0.05) is 25.0 Å². The van der Waals surface area contributed by atoms with E-state index in [4.69, 9.17) is 5.73 Å². The second kappa shape index (κ2) is 6.25. The van der Waals surface area contributed by atoms with Crippen LogP contribution in [-0.2, 0) is 23.1 Å². The maximum absolute atomic E-state index is 12.5. The van der Waals surface area contributed by atoms with E-state index in [2.05, 4.69) is 15.9 Å². The van der Waals surface area contributed by atoms with Crippen LogP contribution in [0.3, 0.4) is 0 Å². The quantitative estimate of drug-likeness (QED) is 0.846. The zero-order valence-corrected chi connectivity index (χ0v) is 15.1. The largest absolute Gasteiger partial charge is 0.326 e. The van der Waals surface area contributed by atoms with Crippen molar-refractivity contribution in [1.29, 1.82) is 0 Å². The van der Waals surface area contributed by atoms with Gasteiger partial charge in [0.2, 0.25) is 0 Å². The van der Waals surface area contributed by atoms with E-state index in [1.807, 2.05) is 18.4 Å². The Morgan fingerprint density at radius 1 is 1.40 bits per heavy atom. The number of nitrogens with zero attached hydrogens (tertiary/aromatic N) is 1. The van der Waals surface area contributed by atoms with Gasteiger partial charge in [-0.3, -0.25) is 0 Å². The summed E-state index contributed by atoms with van der Waals surface area (Å²) in [5, 5.41) is 1.95.